The molecule has 0 saturated heterocycles. The summed E-state index contributed by atoms with van der Waals surface area (Å²) < 4.78 is 1.39. The molecule has 82 valence electrons. The lowest BCUT2D eigenvalue weighted by atomic mass is 9.48. The molecule has 0 aromatic rings. The van der Waals surface area contributed by atoms with E-state index in [1.54, 1.807) is 0 Å². The summed E-state index contributed by atoms with van der Waals surface area (Å²) in [6.07, 6.45) is 11.0. The zero-order valence-electron chi connectivity index (χ0n) is 9.19. The van der Waals surface area contributed by atoms with E-state index < -0.39 is 0 Å². The normalized spacial score (nSPS) is 56.4. The maximum absolute atomic E-state index is 12.1. The van der Waals surface area contributed by atoms with Gasteiger partial charge in [0.2, 0.25) is 0 Å². The molecule has 0 atom stereocenters. The van der Waals surface area contributed by atoms with E-state index in [1.807, 2.05) is 6.21 Å². The minimum absolute atomic E-state index is 0.0768. The average Bonchev–Trinajstić information content (AvgIpc) is 2.57. The van der Waals surface area contributed by atoms with Crippen LogP contribution in [0.4, 0.5) is 0 Å². The Morgan fingerprint density at radius 3 is 2.07 bits per heavy atom. The quantitative estimate of drug-likeness (QED) is 0.441. The number of hydrogen-bond acceptors (Lipinski definition) is 1. The van der Waals surface area contributed by atoms with E-state index in [0.717, 1.165) is 36.5 Å². The number of rotatable bonds is 0. The average molecular weight is 205 g/mol. The molecule has 4 bridgehead atoms. The molecule has 5 rings (SSSR count). The molecule has 0 aromatic carbocycles. The van der Waals surface area contributed by atoms with Crippen LogP contribution in [0.5, 0.6) is 0 Å². The minimum Gasteiger partial charge on any atom is -0.624 e. The Balaban J connectivity index is 1.79. The van der Waals surface area contributed by atoms with Crippen molar-refractivity contribution in [1.29, 1.82) is 0 Å². The smallest absolute Gasteiger partial charge is 0.178 e. The second-order valence-corrected chi connectivity index (χ2v) is 6.34. The molecule has 4 saturated carbocycles. The fourth-order valence-corrected chi connectivity index (χ4v) is 5.46. The van der Waals surface area contributed by atoms with Crippen LogP contribution in [0.1, 0.15) is 44.9 Å². The van der Waals surface area contributed by atoms with Crippen LogP contribution in [-0.2, 0) is 0 Å². The van der Waals surface area contributed by atoms with Crippen molar-refractivity contribution in [2.45, 2.75) is 50.5 Å². The SMILES string of the molecule is [O-][N+]1=CCCC12C1CC3CC(C1)CC2C3. The zero-order valence-corrected chi connectivity index (χ0v) is 9.19. The Hall–Kier alpha value is -0.530. The summed E-state index contributed by atoms with van der Waals surface area (Å²) in [5, 5.41) is 12.1. The van der Waals surface area contributed by atoms with Gasteiger partial charge in [0.1, 0.15) is 0 Å². The van der Waals surface area contributed by atoms with Crippen molar-refractivity contribution in [1.82, 2.24) is 0 Å². The lowest BCUT2D eigenvalue weighted by Crippen LogP contribution is -2.60. The first-order valence-electron chi connectivity index (χ1n) is 6.59. The summed E-state index contributed by atoms with van der Waals surface area (Å²) in [6, 6.07) is 0. The lowest BCUT2D eigenvalue weighted by Gasteiger charge is -2.57. The molecule has 0 N–H and O–H groups in total. The van der Waals surface area contributed by atoms with Crippen molar-refractivity contribution in [3.05, 3.63) is 5.21 Å². The summed E-state index contributed by atoms with van der Waals surface area (Å²) >= 11 is 0. The molecule has 2 heteroatoms. The minimum atomic E-state index is 0.0768. The third-order valence-electron chi connectivity index (χ3n) is 5.80. The first-order chi connectivity index (χ1) is 7.29. The second kappa shape index (κ2) is 2.58. The Bertz CT molecular complexity index is 305. The molecule has 1 heterocycles. The van der Waals surface area contributed by atoms with Crippen LogP contribution in [0.15, 0.2) is 0 Å². The summed E-state index contributed by atoms with van der Waals surface area (Å²) in [5.41, 5.74) is 0.0768. The van der Waals surface area contributed by atoms with Gasteiger partial charge in [0, 0.05) is 24.7 Å². The second-order valence-electron chi connectivity index (χ2n) is 6.34. The van der Waals surface area contributed by atoms with Crippen molar-refractivity contribution in [3.8, 4) is 0 Å². The van der Waals surface area contributed by atoms with Gasteiger partial charge in [0.15, 0.2) is 11.8 Å². The number of nitrogens with zero attached hydrogens (tertiary/aromatic N) is 1. The van der Waals surface area contributed by atoms with Gasteiger partial charge in [0.25, 0.3) is 0 Å². The molecule has 5 aliphatic rings. The maximum atomic E-state index is 12.1. The fourth-order valence-electron chi connectivity index (χ4n) is 5.46. The van der Waals surface area contributed by atoms with Gasteiger partial charge in [-0.05, 0) is 43.9 Å². The van der Waals surface area contributed by atoms with E-state index in [-0.39, 0.29) is 5.54 Å². The van der Waals surface area contributed by atoms with Crippen LogP contribution in [-0.4, -0.2) is 16.5 Å². The molecule has 4 fully saturated rings. The molecule has 1 aliphatic heterocycles. The van der Waals surface area contributed by atoms with E-state index in [1.165, 1.54) is 36.8 Å². The molecule has 15 heavy (non-hydrogen) atoms. The Morgan fingerprint density at radius 2 is 1.60 bits per heavy atom. The molecular weight excluding hydrogens is 186 g/mol. The summed E-state index contributed by atoms with van der Waals surface area (Å²) in [5.74, 6) is 3.44. The van der Waals surface area contributed by atoms with Crippen molar-refractivity contribution in [2.75, 3.05) is 0 Å². The van der Waals surface area contributed by atoms with E-state index in [9.17, 15) is 5.21 Å². The van der Waals surface area contributed by atoms with Gasteiger partial charge in [-0.25, -0.2) is 4.74 Å². The molecule has 0 radical (unpaired) electrons. The van der Waals surface area contributed by atoms with E-state index >= 15 is 0 Å². The van der Waals surface area contributed by atoms with Crippen LogP contribution in [0, 0.1) is 28.9 Å². The Kier molecular flexibility index (Phi) is 1.48. The van der Waals surface area contributed by atoms with Gasteiger partial charge in [-0.15, -0.1) is 0 Å². The number of hydroxylamine groups is 1. The highest BCUT2D eigenvalue weighted by Gasteiger charge is 2.63. The molecule has 4 aliphatic carbocycles. The standard InChI is InChI=1S/C13H19NO/c15-14-3-1-2-13(14)11-5-9-4-10(7-11)8-12(13)6-9/h3,9-12H,1-2,4-8H2. The highest BCUT2D eigenvalue weighted by atomic mass is 16.5. The Morgan fingerprint density at radius 1 is 1.00 bits per heavy atom. The van der Waals surface area contributed by atoms with Gasteiger partial charge in [-0.1, -0.05) is 0 Å². The van der Waals surface area contributed by atoms with Gasteiger partial charge in [-0.2, -0.15) is 0 Å². The van der Waals surface area contributed by atoms with Crippen LogP contribution < -0.4 is 0 Å². The predicted octanol–water partition coefficient (Wildman–Crippen LogP) is 2.56. The van der Waals surface area contributed by atoms with Crippen molar-refractivity contribution in [3.63, 3.8) is 0 Å². The monoisotopic (exact) mass is 205 g/mol. The maximum Gasteiger partial charge on any atom is 0.178 e. The van der Waals surface area contributed by atoms with Crippen LogP contribution in [0.2, 0.25) is 0 Å². The summed E-state index contributed by atoms with van der Waals surface area (Å²) in [4.78, 5) is 0. The third-order valence-corrected chi connectivity index (χ3v) is 5.80. The van der Waals surface area contributed by atoms with Crippen LogP contribution in [0.3, 0.4) is 0 Å². The third kappa shape index (κ3) is 0.896. The first-order valence-corrected chi connectivity index (χ1v) is 6.59. The summed E-state index contributed by atoms with van der Waals surface area (Å²) in [7, 11) is 0. The van der Waals surface area contributed by atoms with E-state index in [0.29, 0.717) is 0 Å². The fraction of sp³-hybridized carbons (Fsp3) is 0.923. The van der Waals surface area contributed by atoms with E-state index in [4.69, 9.17) is 0 Å². The van der Waals surface area contributed by atoms with Gasteiger partial charge in [0.05, 0.1) is 0 Å². The molecule has 1 spiro atoms. The molecule has 2 nitrogen and oxygen atoms in total. The van der Waals surface area contributed by atoms with Gasteiger partial charge >= 0.3 is 0 Å². The van der Waals surface area contributed by atoms with Crippen molar-refractivity contribution >= 4 is 6.21 Å². The highest BCUT2D eigenvalue weighted by Crippen LogP contribution is 2.61. The zero-order chi connectivity index (χ0) is 10.0. The highest BCUT2D eigenvalue weighted by molar-refractivity contribution is 5.54. The molecule has 0 unspecified atom stereocenters. The van der Waals surface area contributed by atoms with Crippen LogP contribution in [0.25, 0.3) is 0 Å². The Labute approximate surface area is 90.9 Å². The first kappa shape index (κ1) is 8.60. The lowest BCUT2D eigenvalue weighted by molar-refractivity contribution is -0.574. The topological polar surface area (TPSA) is 26.1 Å². The largest absolute Gasteiger partial charge is 0.624 e. The molecule has 0 amide bonds. The molecule has 0 aromatic heterocycles. The van der Waals surface area contributed by atoms with Crippen molar-refractivity contribution in [2.24, 2.45) is 23.7 Å². The van der Waals surface area contributed by atoms with E-state index in [2.05, 4.69) is 0 Å². The molecular formula is C13H19NO. The van der Waals surface area contributed by atoms with Gasteiger partial charge in [-0.3, -0.25) is 0 Å². The van der Waals surface area contributed by atoms with Crippen molar-refractivity contribution < 1.29 is 4.74 Å². The van der Waals surface area contributed by atoms with Gasteiger partial charge < -0.3 is 5.21 Å². The number of hydrogen-bond donors (Lipinski definition) is 0. The summed E-state index contributed by atoms with van der Waals surface area (Å²) in [6.45, 7) is 0. The predicted molar refractivity (Wildman–Crippen MR) is 58.7 cm³/mol. The van der Waals surface area contributed by atoms with Crippen LogP contribution >= 0.6 is 0 Å².